The second-order valence-corrected chi connectivity index (χ2v) is 0. The van der Waals surface area contributed by atoms with Gasteiger partial charge in [-0.05, 0) is 0 Å². The summed E-state index contributed by atoms with van der Waals surface area (Å²) >= 11 is 0. The quantitative estimate of drug-likeness (QED) is 0.508. The molecule has 5 radical (unpaired) electrons. The summed E-state index contributed by atoms with van der Waals surface area (Å²) in [5.74, 6) is 0. The average molecular weight is 242 g/mol. The summed E-state index contributed by atoms with van der Waals surface area (Å²) in [4.78, 5) is 0. The normalized spacial score (nSPS) is 0. The molecule has 0 saturated carbocycles. The van der Waals surface area contributed by atoms with E-state index in [4.69, 9.17) is 0 Å². The van der Waals surface area contributed by atoms with Crippen LogP contribution in [0.4, 0.5) is 0 Å². The summed E-state index contributed by atoms with van der Waals surface area (Å²) < 4.78 is 0. The maximum atomic E-state index is 0. The first-order valence-corrected chi connectivity index (χ1v) is 0. The van der Waals surface area contributed by atoms with E-state index < -0.39 is 0 Å². The average Bonchev–Trinajstić information content (AvgIpc) is 0. The van der Waals surface area contributed by atoms with Gasteiger partial charge in [0, 0.05) is 70.1 Å². The van der Waals surface area contributed by atoms with Crippen molar-refractivity contribution in [2.45, 2.75) is 0 Å². The minimum Gasteiger partial charge on any atom is 0 e. The molecule has 4 heavy (non-hydrogen) atoms. The van der Waals surface area contributed by atoms with Gasteiger partial charge in [0.1, 0.15) is 0 Å². The Hall–Kier alpha value is 2.16. The molecule has 0 aliphatic carbocycles. The monoisotopic (exact) mass is 241 g/mol. The van der Waals surface area contributed by atoms with Crippen molar-refractivity contribution in [2.24, 2.45) is 0 Å². The van der Waals surface area contributed by atoms with Crippen molar-refractivity contribution in [3.63, 3.8) is 0 Å². The molecule has 0 atom stereocenters. The minimum atomic E-state index is 0. The van der Waals surface area contributed by atoms with E-state index in [9.17, 15) is 0 Å². The van der Waals surface area contributed by atoms with Crippen LogP contribution >= 0.6 is 0 Å². The van der Waals surface area contributed by atoms with E-state index in [1.807, 2.05) is 0 Å². The van der Waals surface area contributed by atoms with Crippen LogP contribution in [0.15, 0.2) is 0 Å². The van der Waals surface area contributed by atoms with Crippen molar-refractivity contribution in [2.75, 3.05) is 0 Å². The van der Waals surface area contributed by atoms with Crippen molar-refractivity contribution in [3.05, 3.63) is 0 Å². The van der Waals surface area contributed by atoms with E-state index >= 15 is 0 Å². The van der Waals surface area contributed by atoms with Gasteiger partial charge in [-0.2, -0.15) is 0 Å². The molecule has 0 saturated heterocycles. The molecular formula is CoGaMnNi. The van der Waals surface area contributed by atoms with Crippen LogP contribution in [0.25, 0.3) is 0 Å². The number of hydrogen-bond acceptors (Lipinski definition) is 0. The largest absolute Gasteiger partial charge is 0 e. The molecule has 0 unspecified atom stereocenters. The zero-order valence-electron chi connectivity index (χ0n) is 1.60. The zero-order chi connectivity index (χ0) is 0. The van der Waals surface area contributed by atoms with Crippen molar-refractivity contribution < 1.29 is 50.3 Å². The summed E-state index contributed by atoms with van der Waals surface area (Å²) in [6.45, 7) is 0. The molecule has 0 aliphatic heterocycles. The fraction of sp³-hybridized carbons (Fsp3) is 0. The molecule has 0 aromatic carbocycles. The van der Waals surface area contributed by atoms with E-state index in [1.54, 1.807) is 0 Å². The molecule has 0 bridgehead atoms. The predicted molar refractivity (Wildman–Crippen MR) is 5.75 cm³/mol. The summed E-state index contributed by atoms with van der Waals surface area (Å²) in [5.41, 5.74) is 0. The molecule has 0 aliphatic rings. The van der Waals surface area contributed by atoms with Gasteiger partial charge in [0.15, 0.2) is 0 Å². The van der Waals surface area contributed by atoms with Crippen LogP contribution < -0.4 is 0 Å². The van der Waals surface area contributed by atoms with Gasteiger partial charge < -0.3 is 0 Å². The van der Waals surface area contributed by atoms with Crippen molar-refractivity contribution >= 4 is 19.8 Å². The van der Waals surface area contributed by atoms with Crippen LogP contribution in [0.2, 0.25) is 0 Å². The van der Waals surface area contributed by atoms with Gasteiger partial charge in [-0.15, -0.1) is 0 Å². The molecule has 0 rings (SSSR count). The third-order valence-corrected chi connectivity index (χ3v) is 0. The third kappa shape index (κ3) is 8.91. The minimum absolute atomic E-state index is 0. The Kier molecular flexibility index (Phi) is 169. The molecule has 29 valence electrons. The molecule has 0 nitrogen and oxygen atoms in total. The fourth-order valence-electron chi connectivity index (χ4n) is 0. The van der Waals surface area contributed by atoms with Gasteiger partial charge in [-0.3, -0.25) is 0 Å². The summed E-state index contributed by atoms with van der Waals surface area (Å²) in [6, 6.07) is 0. The Bertz CT molecular complexity index is 8.00. The topological polar surface area (TPSA) is 0 Å². The molecule has 0 aromatic heterocycles. The Balaban J connectivity index is 0. The van der Waals surface area contributed by atoms with Crippen LogP contribution in [-0.4, -0.2) is 19.8 Å². The van der Waals surface area contributed by atoms with Crippen molar-refractivity contribution in [1.82, 2.24) is 0 Å². The summed E-state index contributed by atoms with van der Waals surface area (Å²) in [7, 11) is 0. The molecule has 0 N–H and O–H groups in total. The number of hydrogen-bond donors (Lipinski definition) is 0. The van der Waals surface area contributed by atoms with E-state index in [1.165, 1.54) is 0 Å². The summed E-state index contributed by atoms with van der Waals surface area (Å²) in [6.07, 6.45) is 0. The van der Waals surface area contributed by atoms with Gasteiger partial charge in [0.2, 0.25) is 0 Å². The Morgan fingerprint density at radius 2 is 1.00 bits per heavy atom. The molecule has 0 heterocycles. The van der Waals surface area contributed by atoms with E-state index in [2.05, 4.69) is 0 Å². The van der Waals surface area contributed by atoms with Crippen LogP contribution in [0.5, 0.6) is 0 Å². The van der Waals surface area contributed by atoms with E-state index in [-0.39, 0.29) is 70.1 Å². The molecule has 0 spiro atoms. The van der Waals surface area contributed by atoms with E-state index in [0.717, 1.165) is 0 Å². The Morgan fingerprint density at radius 3 is 1.00 bits per heavy atom. The third-order valence-electron chi connectivity index (χ3n) is 0. The molecule has 0 aromatic rings. The van der Waals surface area contributed by atoms with Gasteiger partial charge in [0.25, 0.3) is 0 Å². The van der Waals surface area contributed by atoms with Gasteiger partial charge in [0.05, 0.1) is 0 Å². The SMILES string of the molecule is [Co].[Ga].[Mn].[Ni]. The second kappa shape index (κ2) is 19.2. The maximum absolute atomic E-state index is 0. The standard InChI is InChI=1S/Co.Ga.Mn.Ni. The summed E-state index contributed by atoms with van der Waals surface area (Å²) in [5, 5.41) is 0. The molecular weight excluding hydrogens is 242 g/mol. The molecule has 0 amide bonds. The van der Waals surface area contributed by atoms with E-state index in [0.29, 0.717) is 0 Å². The van der Waals surface area contributed by atoms with Crippen molar-refractivity contribution in [1.29, 1.82) is 0 Å². The molecule has 0 fully saturated rings. The Labute approximate surface area is 69.5 Å². The predicted octanol–water partition coefficient (Wildman–Crippen LogP) is -0.388. The van der Waals surface area contributed by atoms with Gasteiger partial charge >= 0.3 is 0 Å². The smallest absolute Gasteiger partial charge is 0 e. The first kappa shape index (κ1) is 35.2. The van der Waals surface area contributed by atoms with Crippen LogP contribution in [0.1, 0.15) is 0 Å². The number of rotatable bonds is 0. The van der Waals surface area contributed by atoms with Gasteiger partial charge in [-0.1, -0.05) is 0 Å². The fourth-order valence-corrected chi connectivity index (χ4v) is 0. The second-order valence-electron chi connectivity index (χ2n) is 0. The Morgan fingerprint density at radius 1 is 1.00 bits per heavy atom. The first-order valence-electron chi connectivity index (χ1n) is 0. The molecule has 4 heteroatoms. The maximum Gasteiger partial charge on any atom is 0 e. The van der Waals surface area contributed by atoms with Gasteiger partial charge in [-0.25, -0.2) is 0 Å². The van der Waals surface area contributed by atoms with Crippen LogP contribution in [-0.2, 0) is 50.3 Å². The zero-order valence-corrected chi connectivity index (χ0v) is 7.24. The van der Waals surface area contributed by atoms with Crippen LogP contribution in [0.3, 0.4) is 0 Å². The first-order chi connectivity index (χ1) is 0. The van der Waals surface area contributed by atoms with Crippen LogP contribution in [0, 0.1) is 0 Å². The van der Waals surface area contributed by atoms with Crippen molar-refractivity contribution in [3.8, 4) is 0 Å².